The van der Waals surface area contributed by atoms with E-state index >= 15 is 0 Å². The van der Waals surface area contributed by atoms with Gasteiger partial charge in [0.25, 0.3) is 0 Å². The summed E-state index contributed by atoms with van der Waals surface area (Å²) >= 11 is 0. The number of benzene rings is 2. The number of aliphatic hydroxyl groups excluding tert-OH is 1. The third-order valence-electron chi connectivity index (χ3n) is 6.24. The van der Waals surface area contributed by atoms with Gasteiger partial charge in [-0.2, -0.15) is 0 Å². The molecule has 32 heavy (non-hydrogen) atoms. The van der Waals surface area contributed by atoms with Gasteiger partial charge in [0.1, 0.15) is 17.5 Å². The van der Waals surface area contributed by atoms with Gasteiger partial charge in [0.2, 0.25) is 0 Å². The summed E-state index contributed by atoms with van der Waals surface area (Å²) in [5.74, 6) is -1.41. The van der Waals surface area contributed by atoms with E-state index in [1.54, 1.807) is 12.1 Å². The Morgan fingerprint density at radius 3 is 2.53 bits per heavy atom. The van der Waals surface area contributed by atoms with E-state index in [2.05, 4.69) is 15.6 Å². The lowest BCUT2D eigenvalue weighted by atomic mass is 9.70. The summed E-state index contributed by atoms with van der Waals surface area (Å²) in [6, 6.07) is 7.48. The number of aromatic nitrogens is 1. The summed E-state index contributed by atoms with van der Waals surface area (Å²) in [6.07, 6.45) is 2.13. The molecule has 1 atom stereocenters. The van der Waals surface area contributed by atoms with Crippen LogP contribution in [0.2, 0.25) is 0 Å². The monoisotopic (exact) mass is 445 g/mol. The highest BCUT2D eigenvalue weighted by Gasteiger charge is 2.34. The number of fused-ring (bicyclic) bond motifs is 1. The van der Waals surface area contributed by atoms with Gasteiger partial charge in [-0.25, -0.2) is 18.0 Å². The number of hydrogen-bond acceptors (Lipinski definition) is 2. The molecule has 1 fully saturated rings. The minimum absolute atomic E-state index is 0.0562. The summed E-state index contributed by atoms with van der Waals surface area (Å²) < 4.78 is 41.9. The average molecular weight is 445 g/mol. The number of urea groups is 1. The van der Waals surface area contributed by atoms with Gasteiger partial charge in [-0.05, 0) is 72.6 Å². The standard InChI is InChI=1S/C24H26F3N3O2/c1-2-18(12-31)29-24(32)28-11-13-7-15(8-13)21-19-9-17(26)10-20(27)23(19)30-22(21)14-3-5-16(25)6-4-14/h3-6,9-10,13,15,18,30-31H,2,7-8,11-12H2,1H3,(H2,28,29,32)/t13?,15?,18-/m1/s1. The van der Waals surface area contributed by atoms with Crippen LogP contribution in [0.4, 0.5) is 18.0 Å². The van der Waals surface area contributed by atoms with Crippen molar-refractivity contribution in [3.8, 4) is 11.3 Å². The highest BCUT2D eigenvalue weighted by molar-refractivity contribution is 5.92. The van der Waals surface area contributed by atoms with Gasteiger partial charge in [0.05, 0.1) is 23.9 Å². The molecule has 0 bridgehead atoms. The second-order valence-corrected chi connectivity index (χ2v) is 8.41. The van der Waals surface area contributed by atoms with Crippen molar-refractivity contribution in [3.63, 3.8) is 0 Å². The van der Waals surface area contributed by atoms with E-state index in [9.17, 15) is 23.1 Å². The molecule has 0 radical (unpaired) electrons. The lowest BCUT2D eigenvalue weighted by molar-refractivity contribution is 0.206. The van der Waals surface area contributed by atoms with E-state index in [0.717, 1.165) is 24.5 Å². The number of aliphatic hydroxyl groups is 1. The quantitative estimate of drug-likeness (QED) is 0.421. The molecule has 0 saturated heterocycles. The molecular weight excluding hydrogens is 419 g/mol. The van der Waals surface area contributed by atoms with Crippen LogP contribution in [0, 0.1) is 23.4 Å². The summed E-state index contributed by atoms with van der Waals surface area (Å²) in [5, 5.41) is 15.2. The fourth-order valence-electron chi connectivity index (χ4n) is 4.40. The minimum atomic E-state index is -0.668. The van der Waals surface area contributed by atoms with Gasteiger partial charge in [0.15, 0.2) is 0 Å². The Bertz CT molecular complexity index is 1100. The van der Waals surface area contributed by atoms with Crippen LogP contribution in [0.15, 0.2) is 36.4 Å². The maximum atomic E-state index is 14.5. The first-order valence-electron chi connectivity index (χ1n) is 10.8. The molecule has 4 rings (SSSR count). The van der Waals surface area contributed by atoms with Crippen LogP contribution in [0.3, 0.4) is 0 Å². The predicted molar refractivity (Wildman–Crippen MR) is 117 cm³/mol. The third-order valence-corrected chi connectivity index (χ3v) is 6.24. The highest BCUT2D eigenvalue weighted by Crippen LogP contribution is 2.48. The first-order chi connectivity index (χ1) is 15.4. The number of amides is 2. The average Bonchev–Trinajstić information content (AvgIpc) is 3.10. The number of carbonyl (C=O) groups excluding carboxylic acids is 1. The fraction of sp³-hybridized carbons (Fsp3) is 0.375. The molecule has 8 heteroatoms. The normalized spacial score (nSPS) is 18.9. The zero-order chi connectivity index (χ0) is 22.8. The largest absolute Gasteiger partial charge is 0.394 e. The van der Waals surface area contributed by atoms with E-state index in [-0.39, 0.29) is 41.8 Å². The minimum Gasteiger partial charge on any atom is -0.394 e. The number of rotatable bonds is 7. The van der Waals surface area contributed by atoms with Crippen LogP contribution in [0.5, 0.6) is 0 Å². The van der Waals surface area contributed by atoms with E-state index in [1.807, 2.05) is 6.92 Å². The molecular formula is C24H26F3N3O2. The molecule has 1 aromatic heterocycles. The van der Waals surface area contributed by atoms with Gasteiger partial charge in [0, 0.05) is 18.0 Å². The highest BCUT2D eigenvalue weighted by atomic mass is 19.1. The summed E-state index contributed by atoms with van der Waals surface area (Å²) in [6.45, 7) is 2.24. The van der Waals surface area contributed by atoms with Crippen LogP contribution in [0.25, 0.3) is 22.2 Å². The van der Waals surface area contributed by atoms with E-state index in [4.69, 9.17) is 0 Å². The number of nitrogens with one attached hydrogen (secondary N) is 3. The van der Waals surface area contributed by atoms with E-state index in [1.165, 1.54) is 18.2 Å². The lowest BCUT2D eigenvalue weighted by Crippen LogP contribution is -2.46. The Morgan fingerprint density at radius 1 is 1.16 bits per heavy atom. The molecule has 2 aromatic carbocycles. The molecule has 2 amide bonds. The van der Waals surface area contributed by atoms with Crippen molar-refractivity contribution >= 4 is 16.9 Å². The Labute approximate surface area is 184 Å². The molecule has 0 spiro atoms. The van der Waals surface area contributed by atoms with Crippen molar-refractivity contribution < 1.29 is 23.1 Å². The van der Waals surface area contributed by atoms with Gasteiger partial charge < -0.3 is 20.7 Å². The zero-order valence-corrected chi connectivity index (χ0v) is 17.7. The molecule has 1 heterocycles. The van der Waals surface area contributed by atoms with Crippen LogP contribution in [0.1, 0.15) is 37.7 Å². The molecule has 170 valence electrons. The van der Waals surface area contributed by atoms with Crippen LogP contribution < -0.4 is 10.6 Å². The van der Waals surface area contributed by atoms with E-state index in [0.29, 0.717) is 29.6 Å². The number of carbonyl (C=O) groups is 1. The second-order valence-electron chi connectivity index (χ2n) is 8.41. The van der Waals surface area contributed by atoms with Crippen LogP contribution in [-0.4, -0.2) is 35.3 Å². The van der Waals surface area contributed by atoms with E-state index < -0.39 is 11.6 Å². The molecule has 4 N–H and O–H groups in total. The number of halogens is 3. The SMILES string of the molecule is CC[C@H](CO)NC(=O)NCC1CC(c2c(-c3ccc(F)cc3)[nH]c3c(F)cc(F)cc23)C1. The van der Waals surface area contributed by atoms with Gasteiger partial charge in [-0.15, -0.1) is 0 Å². The van der Waals surface area contributed by atoms with Crippen molar-refractivity contribution in [1.82, 2.24) is 15.6 Å². The molecule has 1 aliphatic rings. The maximum absolute atomic E-state index is 14.5. The predicted octanol–water partition coefficient (Wildman–Crippen LogP) is 4.82. The summed E-state index contributed by atoms with van der Waals surface area (Å²) in [7, 11) is 0. The number of aromatic amines is 1. The molecule has 1 saturated carbocycles. The Hall–Kier alpha value is -3.00. The van der Waals surface area contributed by atoms with Crippen molar-refractivity contribution in [2.24, 2.45) is 5.92 Å². The summed E-state index contributed by atoms with van der Waals surface area (Å²) in [4.78, 5) is 15.1. The molecule has 5 nitrogen and oxygen atoms in total. The first kappa shape index (κ1) is 22.2. The van der Waals surface area contributed by atoms with Gasteiger partial charge >= 0.3 is 6.03 Å². The fourth-order valence-corrected chi connectivity index (χ4v) is 4.40. The van der Waals surface area contributed by atoms with Crippen LogP contribution in [-0.2, 0) is 0 Å². The van der Waals surface area contributed by atoms with Crippen molar-refractivity contribution in [2.45, 2.75) is 38.1 Å². The molecule has 0 unspecified atom stereocenters. The molecule has 3 aromatic rings. The lowest BCUT2D eigenvalue weighted by Gasteiger charge is -2.36. The molecule has 1 aliphatic carbocycles. The Kier molecular flexibility index (Phi) is 6.41. The molecule has 0 aliphatic heterocycles. The van der Waals surface area contributed by atoms with Gasteiger partial charge in [-0.1, -0.05) is 6.92 Å². The van der Waals surface area contributed by atoms with Crippen molar-refractivity contribution in [1.29, 1.82) is 0 Å². The Morgan fingerprint density at radius 2 is 1.88 bits per heavy atom. The van der Waals surface area contributed by atoms with Crippen molar-refractivity contribution in [3.05, 3.63) is 59.4 Å². The zero-order valence-electron chi connectivity index (χ0n) is 17.7. The van der Waals surface area contributed by atoms with Gasteiger partial charge in [-0.3, -0.25) is 0 Å². The third kappa shape index (κ3) is 4.46. The van der Waals surface area contributed by atoms with Crippen molar-refractivity contribution in [2.75, 3.05) is 13.2 Å². The number of hydrogen-bond donors (Lipinski definition) is 4. The topological polar surface area (TPSA) is 77.2 Å². The Balaban J connectivity index is 1.52. The first-order valence-corrected chi connectivity index (χ1v) is 10.8. The summed E-state index contributed by atoms with van der Waals surface area (Å²) in [5.41, 5.74) is 2.41. The smallest absolute Gasteiger partial charge is 0.315 e. The second kappa shape index (κ2) is 9.24. The van der Waals surface area contributed by atoms with Crippen LogP contribution >= 0.6 is 0 Å². The number of H-pyrrole nitrogens is 1. The maximum Gasteiger partial charge on any atom is 0.315 e.